The molecule has 6 nitrogen and oxygen atoms in total. The van der Waals surface area contributed by atoms with Crippen molar-refractivity contribution in [2.45, 2.75) is 50.7 Å². The van der Waals surface area contributed by atoms with Crippen molar-refractivity contribution in [3.63, 3.8) is 0 Å². The highest BCUT2D eigenvalue weighted by molar-refractivity contribution is 7.99. The van der Waals surface area contributed by atoms with Crippen molar-refractivity contribution >= 4 is 22.9 Å². The van der Waals surface area contributed by atoms with Gasteiger partial charge in [-0.2, -0.15) is 0 Å². The second-order valence-corrected chi connectivity index (χ2v) is 6.54. The van der Waals surface area contributed by atoms with Gasteiger partial charge in [0.1, 0.15) is 0 Å². The van der Waals surface area contributed by atoms with Crippen LogP contribution in [-0.4, -0.2) is 24.9 Å². The predicted molar refractivity (Wildman–Crippen MR) is 95.3 cm³/mol. The van der Waals surface area contributed by atoms with Crippen molar-refractivity contribution in [3.8, 4) is 0 Å². The molecule has 0 atom stereocenters. The van der Waals surface area contributed by atoms with E-state index in [1.807, 2.05) is 4.57 Å². The van der Waals surface area contributed by atoms with Gasteiger partial charge in [-0.05, 0) is 6.42 Å². The van der Waals surface area contributed by atoms with Crippen LogP contribution < -0.4 is 11.2 Å². The van der Waals surface area contributed by atoms with Crippen molar-refractivity contribution < 1.29 is 0 Å². The summed E-state index contributed by atoms with van der Waals surface area (Å²) in [7, 11) is 1.63. The van der Waals surface area contributed by atoms with E-state index in [0.29, 0.717) is 16.9 Å². The summed E-state index contributed by atoms with van der Waals surface area (Å²) in [6, 6.07) is 0. The highest BCUT2D eigenvalue weighted by Crippen LogP contribution is 2.22. The number of hydrogen-bond donors (Lipinski definition) is 1. The Bertz CT molecular complexity index is 788. The molecule has 23 heavy (non-hydrogen) atoms. The Balaban J connectivity index is 2.37. The highest BCUT2D eigenvalue weighted by atomic mass is 32.2. The molecule has 0 aromatic carbocycles. The van der Waals surface area contributed by atoms with Crippen molar-refractivity contribution in [2.75, 3.05) is 5.75 Å². The molecule has 0 bridgehead atoms. The topological polar surface area (TPSA) is 72.7 Å². The van der Waals surface area contributed by atoms with E-state index in [0.717, 1.165) is 24.5 Å². The Hall–Kier alpha value is -1.76. The van der Waals surface area contributed by atoms with Crippen LogP contribution in [-0.2, 0) is 13.6 Å². The smallest absolute Gasteiger partial charge is 0.313 e. The standard InChI is InChI=1S/C16H24N4O2S/c1-4-6-7-8-9-10-20-12-13(17-16(20)23-11-5-2)19(3)15(22)18-14(12)21/h5H,2,4,6-11H2,1,3H3,(H,18,21,22). The monoisotopic (exact) mass is 336 g/mol. The molecule has 7 heteroatoms. The van der Waals surface area contributed by atoms with E-state index in [4.69, 9.17) is 0 Å². The van der Waals surface area contributed by atoms with E-state index >= 15 is 0 Å². The van der Waals surface area contributed by atoms with Crippen LogP contribution in [0.25, 0.3) is 11.2 Å². The van der Waals surface area contributed by atoms with Crippen LogP contribution in [0.4, 0.5) is 0 Å². The van der Waals surface area contributed by atoms with Crippen LogP contribution in [0.15, 0.2) is 27.4 Å². The Labute approximate surface area is 139 Å². The van der Waals surface area contributed by atoms with Crippen molar-refractivity contribution in [2.24, 2.45) is 7.05 Å². The van der Waals surface area contributed by atoms with Gasteiger partial charge in [-0.15, -0.1) is 6.58 Å². The summed E-state index contributed by atoms with van der Waals surface area (Å²) in [4.78, 5) is 30.9. The summed E-state index contributed by atoms with van der Waals surface area (Å²) in [5.74, 6) is 0.713. The van der Waals surface area contributed by atoms with Gasteiger partial charge < -0.3 is 4.57 Å². The van der Waals surface area contributed by atoms with Gasteiger partial charge >= 0.3 is 5.69 Å². The molecule has 2 rings (SSSR count). The van der Waals surface area contributed by atoms with Crippen LogP contribution in [0.1, 0.15) is 39.0 Å². The number of fused-ring (bicyclic) bond motifs is 1. The first-order valence-corrected chi connectivity index (χ1v) is 9.02. The average molecular weight is 336 g/mol. The number of hydrogen-bond acceptors (Lipinski definition) is 4. The van der Waals surface area contributed by atoms with E-state index in [-0.39, 0.29) is 5.56 Å². The lowest BCUT2D eigenvalue weighted by Crippen LogP contribution is -2.29. The van der Waals surface area contributed by atoms with Crippen molar-refractivity contribution in [3.05, 3.63) is 33.5 Å². The predicted octanol–water partition coefficient (Wildman–Crippen LogP) is 2.67. The Morgan fingerprint density at radius 2 is 2.00 bits per heavy atom. The van der Waals surface area contributed by atoms with Crippen molar-refractivity contribution in [1.29, 1.82) is 0 Å². The first kappa shape index (κ1) is 17.6. The number of nitrogens with one attached hydrogen (secondary N) is 1. The van der Waals surface area contributed by atoms with Crippen LogP contribution in [0, 0.1) is 0 Å². The number of H-pyrrole nitrogens is 1. The minimum absolute atomic E-state index is 0.366. The minimum atomic E-state index is -0.435. The van der Waals surface area contributed by atoms with Crippen LogP contribution in [0.2, 0.25) is 0 Å². The molecule has 0 spiro atoms. The molecule has 126 valence electrons. The summed E-state index contributed by atoms with van der Waals surface area (Å²) >= 11 is 1.53. The number of aromatic nitrogens is 4. The summed E-state index contributed by atoms with van der Waals surface area (Å²) < 4.78 is 3.33. The maximum Gasteiger partial charge on any atom is 0.329 e. The molecule has 0 aliphatic rings. The van der Waals surface area contributed by atoms with E-state index in [2.05, 4.69) is 23.5 Å². The third-order valence-corrected chi connectivity index (χ3v) is 4.76. The molecule has 0 saturated heterocycles. The normalized spacial score (nSPS) is 11.2. The SMILES string of the molecule is C=CCSc1nc2c(c(=O)[nH]c(=O)n2C)n1CCCCCCC. The van der Waals surface area contributed by atoms with Crippen LogP contribution in [0.3, 0.4) is 0 Å². The van der Waals surface area contributed by atoms with Gasteiger partial charge in [0, 0.05) is 19.3 Å². The number of aromatic amines is 1. The van der Waals surface area contributed by atoms with E-state index in [9.17, 15) is 9.59 Å². The minimum Gasteiger partial charge on any atom is -0.313 e. The number of thioether (sulfide) groups is 1. The first-order valence-electron chi connectivity index (χ1n) is 8.03. The van der Waals surface area contributed by atoms with Crippen molar-refractivity contribution in [1.82, 2.24) is 19.1 Å². The van der Waals surface area contributed by atoms with Gasteiger partial charge in [0.05, 0.1) is 0 Å². The highest BCUT2D eigenvalue weighted by Gasteiger charge is 2.16. The van der Waals surface area contributed by atoms with Gasteiger partial charge in [-0.3, -0.25) is 14.3 Å². The maximum atomic E-state index is 12.2. The molecule has 0 aliphatic heterocycles. The number of nitrogens with zero attached hydrogens (tertiary/aromatic N) is 3. The summed E-state index contributed by atoms with van der Waals surface area (Å²) in [6.07, 6.45) is 7.57. The molecule has 0 fully saturated rings. The van der Waals surface area contributed by atoms with Gasteiger partial charge in [-0.25, -0.2) is 9.78 Å². The second-order valence-electron chi connectivity index (χ2n) is 5.55. The summed E-state index contributed by atoms with van der Waals surface area (Å²) in [5.41, 5.74) is 0.123. The maximum absolute atomic E-state index is 12.2. The average Bonchev–Trinajstić information content (AvgIpc) is 2.90. The lowest BCUT2D eigenvalue weighted by molar-refractivity contribution is 0.552. The molecule has 1 N–H and O–H groups in total. The fourth-order valence-corrected chi connectivity index (χ4v) is 3.30. The fraction of sp³-hybridized carbons (Fsp3) is 0.562. The zero-order valence-electron chi connectivity index (χ0n) is 13.8. The van der Waals surface area contributed by atoms with E-state index in [1.54, 1.807) is 13.1 Å². The lowest BCUT2D eigenvalue weighted by atomic mass is 10.1. The molecule has 2 heterocycles. The molecule has 2 aromatic rings. The largest absolute Gasteiger partial charge is 0.329 e. The molecular formula is C16H24N4O2S. The van der Waals surface area contributed by atoms with Gasteiger partial charge in [0.15, 0.2) is 16.3 Å². The zero-order valence-corrected chi connectivity index (χ0v) is 14.6. The number of aryl methyl sites for hydroxylation is 2. The second kappa shape index (κ2) is 8.19. The summed E-state index contributed by atoms with van der Waals surface area (Å²) in [6.45, 7) is 6.65. The molecule has 0 amide bonds. The van der Waals surface area contributed by atoms with Gasteiger partial charge in [-0.1, -0.05) is 50.4 Å². The molecule has 0 radical (unpaired) electrons. The third-order valence-electron chi connectivity index (χ3n) is 3.79. The molecule has 0 unspecified atom stereocenters. The van der Waals surface area contributed by atoms with Gasteiger partial charge in [0.2, 0.25) is 0 Å². The van der Waals surface area contributed by atoms with Crippen LogP contribution >= 0.6 is 11.8 Å². The lowest BCUT2D eigenvalue weighted by Gasteiger charge is -2.07. The number of imidazole rings is 1. The Morgan fingerprint density at radius 1 is 1.26 bits per heavy atom. The fourth-order valence-electron chi connectivity index (χ4n) is 2.54. The van der Waals surface area contributed by atoms with E-state index < -0.39 is 5.69 Å². The zero-order chi connectivity index (χ0) is 16.8. The van der Waals surface area contributed by atoms with Crippen LogP contribution in [0.5, 0.6) is 0 Å². The number of rotatable bonds is 9. The summed E-state index contributed by atoms with van der Waals surface area (Å²) in [5, 5.41) is 0.766. The quantitative estimate of drug-likeness (QED) is 0.434. The molecule has 0 aliphatic carbocycles. The first-order chi connectivity index (χ1) is 11.1. The number of unbranched alkanes of at least 4 members (excludes halogenated alkanes) is 4. The Kier molecular flexibility index (Phi) is 6.27. The molecular weight excluding hydrogens is 312 g/mol. The van der Waals surface area contributed by atoms with E-state index in [1.165, 1.54) is 35.6 Å². The third kappa shape index (κ3) is 3.96. The van der Waals surface area contributed by atoms with Gasteiger partial charge in [0.25, 0.3) is 5.56 Å². The molecule has 0 saturated carbocycles. The molecule has 2 aromatic heterocycles. The Morgan fingerprint density at radius 3 is 2.70 bits per heavy atom.